The highest BCUT2D eigenvalue weighted by Gasteiger charge is 2.80. The molecule has 1 amide bonds. The van der Waals surface area contributed by atoms with Gasteiger partial charge in [0.15, 0.2) is 12.4 Å². The second kappa shape index (κ2) is 11.6. The van der Waals surface area contributed by atoms with Gasteiger partial charge in [0.25, 0.3) is 0 Å². The monoisotopic (exact) mass is 672 g/mol. The third kappa shape index (κ3) is 5.09. The quantitative estimate of drug-likeness (QED) is 0.359. The number of hydrogen-bond acceptors (Lipinski definition) is 8. The number of amides is 1. The van der Waals surface area contributed by atoms with Gasteiger partial charge in [-0.05, 0) is 136 Å². The smallest absolute Gasteiger partial charge is 0.303 e. The third-order valence-corrected chi connectivity index (χ3v) is 16.0. The molecule has 0 bridgehead atoms. The van der Waals surface area contributed by atoms with Crippen molar-refractivity contribution in [1.82, 2.24) is 10.2 Å². The average Bonchev–Trinajstić information content (AvgIpc) is 3.61. The summed E-state index contributed by atoms with van der Waals surface area (Å²) >= 11 is 0. The molecule has 9 heteroatoms. The Kier molecular flexibility index (Phi) is 8.20. The van der Waals surface area contributed by atoms with Crippen LogP contribution in [0.5, 0.6) is 0 Å². The van der Waals surface area contributed by atoms with Gasteiger partial charge in [-0.15, -0.1) is 0 Å². The van der Waals surface area contributed by atoms with Gasteiger partial charge in [0, 0.05) is 21.4 Å². The van der Waals surface area contributed by atoms with Crippen LogP contribution in [0.3, 0.4) is 0 Å². The SMILES string of the molecule is CC(=O)O[C@@H](C1CCC2C(CC3C4CCC5C(C)(C)[C@@H](OC6CN([C@H]7CCCNC7=O)CCO6)CC[C@@]56C[C@@]46CCC23C)O1)C(C)(C)O.[HH]. The molecule has 5 aliphatic carbocycles. The molecule has 8 aliphatic rings. The van der Waals surface area contributed by atoms with Crippen LogP contribution in [0.4, 0.5) is 0 Å². The molecule has 5 saturated carbocycles. The molecule has 0 aromatic rings. The molecule has 13 atom stereocenters. The number of piperidine rings is 1. The summed E-state index contributed by atoms with van der Waals surface area (Å²) in [6, 6.07) is -0.0532. The Morgan fingerprint density at radius 3 is 2.58 bits per heavy atom. The first-order chi connectivity index (χ1) is 22.7. The first kappa shape index (κ1) is 33.9. The Morgan fingerprint density at radius 2 is 1.83 bits per heavy atom. The molecule has 8 unspecified atom stereocenters. The van der Waals surface area contributed by atoms with Gasteiger partial charge < -0.3 is 29.4 Å². The molecular formula is C39H64N2O7. The van der Waals surface area contributed by atoms with Crippen molar-refractivity contribution < 1.29 is 35.1 Å². The largest absolute Gasteiger partial charge is 0.457 e. The average molecular weight is 673 g/mol. The second-order valence-corrected chi connectivity index (χ2v) is 18.9. The maximum Gasteiger partial charge on any atom is 0.303 e. The van der Waals surface area contributed by atoms with Gasteiger partial charge in [0.05, 0.1) is 43.1 Å². The minimum Gasteiger partial charge on any atom is -0.457 e. The molecule has 3 aliphatic heterocycles. The van der Waals surface area contributed by atoms with Crippen LogP contribution in [0.2, 0.25) is 0 Å². The zero-order valence-corrected chi connectivity index (χ0v) is 30.4. The van der Waals surface area contributed by atoms with Crippen molar-refractivity contribution in [2.24, 2.45) is 45.3 Å². The molecule has 272 valence electrons. The van der Waals surface area contributed by atoms with Gasteiger partial charge in [-0.1, -0.05) is 20.8 Å². The summed E-state index contributed by atoms with van der Waals surface area (Å²) in [6.45, 7) is 15.3. The van der Waals surface area contributed by atoms with E-state index < -0.39 is 11.7 Å². The standard InChI is InChI=1S/C39H62N2O7.H2/c1-23(42)46-33(36(4,5)44)28-11-9-25-29(47-28)20-26-24-10-12-30-35(2,3)31(13-14-39(30)22-38(24,39)16-15-37(25,26)6)48-32-21-41(18-19-45-32)27-8-7-17-40-34(27)43;/h24-33,44H,7-22H2,1-6H3,(H,40,43);1H/t24?,25?,26?,27-,28?,29?,30?,31-,32?,33-,37?,38-,39+;/m0./s1. The number of nitrogens with one attached hydrogen (secondary N) is 1. The Labute approximate surface area is 289 Å². The minimum atomic E-state index is -1.15. The van der Waals surface area contributed by atoms with E-state index in [1.807, 2.05) is 0 Å². The maximum absolute atomic E-state index is 12.6. The van der Waals surface area contributed by atoms with E-state index in [1.54, 1.807) is 13.8 Å². The third-order valence-electron chi connectivity index (χ3n) is 16.0. The number of morpholine rings is 1. The molecular weight excluding hydrogens is 608 g/mol. The molecule has 3 heterocycles. The molecule has 2 N–H and O–H groups in total. The number of aliphatic hydroxyl groups is 1. The molecule has 2 spiro atoms. The first-order valence-corrected chi connectivity index (χ1v) is 19.5. The number of nitrogens with zero attached hydrogens (tertiary/aromatic N) is 1. The number of ether oxygens (including phenoxy) is 4. The number of carbonyl (C=O) groups excluding carboxylic acids is 2. The summed E-state index contributed by atoms with van der Waals surface area (Å²) in [5, 5.41) is 14.0. The van der Waals surface area contributed by atoms with Crippen LogP contribution in [0.25, 0.3) is 0 Å². The predicted octanol–water partition coefficient (Wildman–Crippen LogP) is 5.46. The number of esters is 1. The van der Waals surface area contributed by atoms with Crippen LogP contribution in [-0.2, 0) is 28.5 Å². The Morgan fingerprint density at radius 1 is 1.04 bits per heavy atom. The predicted molar refractivity (Wildman–Crippen MR) is 182 cm³/mol. The van der Waals surface area contributed by atoms with Crippen molar-refractivity contribution in [2.45, 2.75) is 161 Å². The van der Waals surface area contributed by atoms with Crippen molar-refractivity contribution in [3.05, 3.63) is 0 Å². The lowest BCUT2D eigenvalue weighted by atomic mass is 9.46. The molecule has 3 saturated heterocycles. The minimum absolute atomic E-state index is 0. The lowest BCUT2D eigenvalue weighted by Crippen LogP contribution is -2.58. The highest BCUT2D eigenvalue weighted by molar-refractivity contribution is 5.82. The van der Waals surface area contributed by atoms with E-state index in [4.69, 9.17) is 18.9 Å². The second-order valence-electron chi connectivity index (χ2n) is 18.9. The van der Waals surface area contributed by atoms with Crippen LogP contribution < -0.4 is 5.32 Å². The zero-order valence-electron chi connectivity index (χ0n) is 30.4. The Hall–Kier alpha value is -1.26. The molecule has 0 aromatic heterocycles. The maximum atomic E-state index is 12.6. The molecule has 48 heavy (non-hydrogen) atoms. The highest BCUT2D eigenvalue weighted by atomic mass is 16.7. The fourth-order valence-electron chi connectivity index (χ4n) is 13.9. The number of fused-ring (bicyclic) bond motifs is 4. The van der Waals surface area contributed by atoms with Crippen molar-refractivity contribution in [3.8, 4) is 0 Å². The summed E-state index contributed by atoms with van der Waals surface area (Å²) in [7, 11) is 0. The zero-order chi connectivity index (χ0) is 33.9. The van der Waals surface area contributed by atoms with E-state index in [0.29, 0.717) is 47.2 Å². The van der Waals surface area contributed by atoms with E-state index in [1.165, 1.54) is 45.4 Å². The fraction of sp³-hybridized carbons (Fsp3) is 0.949. The molecule has 8 fully saturated rings. The fourth-order valence-corrected chi connectivity index (χ4v) is 13.9. The van der Waals surface area contributed by atoms with E-state index in [9.17, 15) is 14.7 Å². The van der Waals surface area contributed by atoms with Gasteiger partial charge in [-0.3, -0.25) is 14.5 Å². The summed E-state index contributed by atoms with van der Waals surface area (Å²) < 4.78 is 25.7. The van der Waals surface area contributed by atoms with E-state index >= 15 is 0 Å². The lowest BCUT2D eigenvalue weighted by molar-refractivity contribution is -0.247. The van der Waals surface area contributed by atoms with E-state index in [-0.39, 0.29) is 49.4 Å². The molecule has 0 radical (unpaired) electrons. The van der Waals surface area contributed by atoms with E-state index in [2.05, 4.69) is 31.0 Å². The summed E-state index contributed by atoms with van der Waals surface area (Å²) in [5.74, 6) is 2.43. The van der Waals surface area contributed by atoms with Crippen molar-refractivity contribution in [1.29, 1.82) is 0 Å². The van der Waals surface area contributed by atoms with Crippen molar-refractivity contribution >= 4 is 11.9 Å². The van der Waals surface area contributed by atoms with Gasteiger partial charge >= 0.3 is 5.97 Å². The van der Waals surface area contributed by atoms with Crippen molar-refractivity contribution in [3.63, 3.8) is 0 Å². The van der Waals surface area contributed by atoms with Crippen molar-refractivity contribution in [2.75, 3.05) is 26.2 Å². The van der Waals surface area contributed by atoms with Crippen LogP contribution >= 0.6 is 0 Å². The number of rotatable bonds is 6. The Bertz CT molecular complexity index is 1290. The van der Waals surface area contributed by atoms with Gasteiger partial charge in [-0.25, -0.2) is 0 Å². The van der Waals surface area contributed by atoms with Crippen LogP contribution in [0.1, 0.15) is 120 Å². The van der Waals surface area contributed by atoms with Crippen LogP contribution in [-0.4, -0.2) is 90.5 Å². The highest BCUT2D eigenvalue weighted by Crippen LogP contribution is 2.87. The van der Waals surface area contributed by atoms with Gasteiger partial charge in [-0.2, -0.15) is 0 Å². The molecule has 0 aromatic carbocycles. The number of carbonyl (C=O) groups is 2. The van der Waals surface area contributed by atoms with Gasteiger partial charge in [0.2, 0.25) is 5.91 Å². The van der Waals surface area contributed by atoms with Crippen LogP contribution in [0.15, 0.2) is 0 Å². The Balaban J connectivity index is 0.00000378. The molecule has 9 nitrogen and oxygen atoms in total. The van der Waals surface area contributed by atoms with E-state index in [0.717, 1.165) is 57.5 Å². The lowest BCUT2D eigenvalue weighted by Gasteiger charge is -2.60. The first-order valence-electron chi connectivity index (χ1n) is 19.5. The number of hydrogen-bond donors (Lipinski definition) is 2. The normalized spacial score (nSPS) is 48.9. The summed E-state index contributed by atoms with van der Waals surface area (Å²) in [4.78, 5) is 26.9. The molecule has 8 rings (SSSR count). The van der Waals surface area contributed by atoms with Gasteiger partial charge in [0.1, 0.15) is 0 Å². The van der Waals surface area contributed by atoms with Crippen LogP contribution in [0, 0.1) is 45.3 Å². The summed E-state index contributed by atoms with van der Waals surface area (Å²) in [6.07, 6.45) is 13.1. The topological polar surface area (TPSA) is 107 Å². The summed E-state index contributed by atoms with van der Waals surface area (Å²) in [5.41, 5.74) is 0.103.